The summed E-state index contributed by atoms with van der Waals surface area (Å²) in [6.45, 7) is -1.63. The van der Waals surface area contributed by atoms with Crippen molar-refractivity contribution in [3.8, 4) is 11.5 Å². The van der Waals surface area contributed by atoms with E-state index >= 15 is 0 Å². The number of methoxy groups -OCH3 is 1. The van der Waals surface area contributed by atoms with Gasteiger partial charge in [0.25, 0.3) is 0 Å². The first-order valence-corrected chi connectivity index (χ1v) is 13.2. The zero-order valence-corrected chi connectivity index (χ0v) is 25.6. The molecule has 3 aliphatic heterocycles. The molecule has 3 saturated heterocycles. The van der Waals surface area contributed by atoms with E-state index in [0.717, 1.165) is 0 Å². The third-order valence-electron chi connectivity index (χ3n) is 7.34. The number of hydrogen-bond acceptors (Lipinski definition) is 18. The van der Waals surface area contributed by atoms with Gasteiger partial charge in [0.2, 0.25) is 6.29 Å². The Kier molecular flexibility index (Phi) is 13.5. The SMILES string of the molecule is COc1ccc(O[C@@H]2O[C@H](CO)[C@H](O)[C@H](O[C@@H]3O[C@H](CO)[C@H](O)[C@H](O[C@@H]4O[C@H](C(=O)[O-])[C@@H](O)[C@H](O)[C@H]4O)[C@H]3O)[C@H]2O)cc1.[Na+]. The van der Waals surface area contributed by atoms with Crippen LogP contribution in [0.4, 0.5) is 0 Å². The average Bonchev–Trinajstić information content (AvgIpc) is 2.99. The van der Waals surface area contributed by atoms with E-state index in [4.69, 9.17) is 33.2 Å². The fraction of sp³-hybridized carbons (Fsp3) is 0.720. The minimum Gasteiger partial charge on any atom is -0.547 e. The summed E-state index contributed by atoms with van der Waals surface area (Å²) in [4.78, 5) is 11.3. The maximum Gasteiger partial charge on any atom is 1.00 e. The predicted molar refractivity (Wildman–Crippen MR) is 131 cm³/mol. The first-order chi connectivity index (χ1) is 20.4. The zero-order valence-electron chi connectivity index (χ0n) is 23.6. The van der Waals surface area contributed by atoms with E-state index in [0.29, 0.717) is 5.75 Å². The molecule has 3 fully saturated rings. The molecule has 9 N–H and O–H groups in total. The van der Waals surface area contributed by atoms with Crippen molar-refractivity contribution < 1.29 is 119 Å². The summed E-state index contributed by atoms with van der Waals surface area (Å²) in [5, 5.41) is 105. The van der Waals surface area contributed by atoms with Crippen LogP contribution in [0.2, 0.25) is 0 Å². The fourth-order valence-corrected chi connectivity index (χ4v) is 4.89. The van der Waals surface area contributed by atoms with Gasteiger partial charge in [0.1, 0.15) is 84.7 Å². The monoisotopic (exact) mass is 646 g/mol. The Hall–Kier alpha value is -1.27. The third-order valence-corrected chi connectivity index (χ3v) is 7.34. The van der Waals surface area contributed by atoms with Crippen LogP contribution in [0.25, 0.3) is 0 Å². The van der Waals surface area contributed by atoms with Crippen molar-refractivity contribution in [2.45, 2.75) is 92.1 Å². The Bertz CT molecular complexity index is 1050. The van der Waals surface area contributed by atoms with E-state index in [-0.39, 0.29) is 35.3 Å². The van der Waals surface area contributed by atoms with Crippen LogP contribution in [0.3, 0.4) is 0 Å². The predicted octanol–water partition coefficient (Wildman–Crippen LogP) is -9.72. The summed E-state index contributed by atoms with van der Waals surface area (Å²) in [7, 11) is 1.46. The molecule has 244 valence electrons. The van der Waals surface area contributed by atoms with Gasteiger partial charge in [-0.25, -0.2) is 0 Å². The van der Waals surface area contributed by atoms with Crippen molar-refractivity contribution in [3.63, 3.8) is 0 Å². The molecule has 0 radical (unpaired) electrons. The fourth-order valence-electron chi connectivity index (χ4n) is 4.89. The maximum atomic E-state index is 11.3. The minimum absolute atomic E-state index is 0. The summed E-state index contributed by atoms with van der Waals surface area (Å²) in [6.07, 6.45) is -27.7. The standard InChI is InChI=1S/C25H36O18.Na/c1-37-8-2-4-9(5-3-8)38-24-17(33)19(12(28)10(6-26)39-24)42-25-18(34)20(13(29)11(7-27)40-25)41-23-16(32)14(30)15(31)21(43-23)22(35)36;/h2-5,10-21,23-34H,6-7H2,1H3,(H,35,36);/q;+1/p-1/t10-,11-,12+,13+,14+,15+,16-,17-,18-,19+,20+,21+,23-,24-,25+;/m1./s1. The molecule has 0 spiro atoms. The Balaban J connectivity index is 0.00000529. The van der Waals surface area contributed by atoms with Gasteiger partial charge in [0.15, 0.2) is 12.6 Å². The molecule has 0 bridgehead atoms. The number of carbonyl (C=O) groups is 1. The molecule has 3 heterocycles. The van der Waals surface area contributed by atoms with Crippen molar-refractivity contribution in [2.75, 3.05) is 20.3 Å². The van der Waals surface area contributed by atoms with Gasteiger partial charge in [-0.05, 0) is 24.3 Å². The number of carboxylic acid groups (broad SMARTS) is 1. The second-order valence-corrected chi connectivity index (χ2v) is 10.1. The summed E-state index contributed by atoms with van der Waals surface area (Å²) < 4.78 is 37.7. The van der Waals surface area contributed by atoms with Crippen molar-refractivity contribution in [2.24, 2.45) is 0 Å². The molecule has 0 aliphatic carbocycles. The number of carbonyl (C=O) groups excluding carboxylic acids is 1. The summed E-state index contributed by atoms with van der Waals surface area (Å²) in [5.74, 6) is -1.24. The second-order valence-electron chi connectivity index (χ2n) is 10.1. The van der Waals surface area contributed by atoms with Crippen molar-refractivity contribution >= 4 is 5.97 Å². The van der Waals surface area contributed by atoms with E-state index < -0.39 is 111 Å². The van der Waals surface area contributed by atoms with Crippen molar-refractivity contribution in [3.05, 3.63) is 24.3 Å². The quantitative estimate of drug-likeness (QED) is 0.107. The third kappa shape index (κ3) is 7.81. The normalized spacial score (nSPS) is 42.6. The topological polar surface area (TPSA) is 287 Å². The molecular formula is C25H35NaO18. The van der Waals surface area contributed by atoms with E-state index in [2.05, 4.69) is 0 Å². The Labute approximate surface area is 272 Å². The van der Waals surface area contributed by atoms with Gasteiger partial charge >= 0.3 is 29.6 Å². The maximum absolute atomic E-state index is 11.3. The van der Waals surface area contributed by atoms with Gasteiger partial charge in [-0.2, -0.15) is 0 Å². The van der Waals surface area contributed by atoms with Gasteiger partial charge in [-0.15, -0.1) is 0 Å². The van der Waals surface area contributed by atoms with Crippen LogP contribution in [0.15, 0.2) is 24.3 Å². The van der Waals surface area contributed by atoms with Crippen LogP contribution in [0.1, 0.15) is 0 Å². The van der Waals surface area contributed by atoms with Crippen molar-refractivity contribution in [1.29, 1.82) is 0 Å². The van der Waals surface area contributed by atoms with E-state index in [9.17, 15) is 55.9 Å². The summed E-state index contributed by atoms with van der Waals surface area (Å²) in [6, 6.07) is 6.11. The number of carboxylic acids is 1. The number of rotatable bonds is 10. The van der Waals surface area contributed by atoms with Crippen LogP contribution in [0.5, 0.6) is 11.5 Å². The van der Waals surface area contributed by atoms with Crippen LogP contribution >= 0.6 is 0 Å². The molecule has 3 aliphatic rings. The van der Waals surface area contributed by atoms with Gasteiger partial charge in [0, 0.05) is 0 Å². The van der Waals surface area contributed by atoms with Crippen LogP contribution < -0.4 is 44.1 Å². The summed E-state index contributed by atoms with van der Waals surface area (Å²) in [5.41, 5.74) is 0. The molecule has 4 rings (SSSR count). The largest absolute Gasteiger partial charge is 1.00 e. The van der Waals surface area contributed by atoms with Gasteiger partial charge in [-0.1, -0.05) is 0 Å². The molecule has 15 atom stereocenters. The number of benzene rings is 1. The van der Waals surface area contributed by atoms with E-state index in [1.807, 2.05) is 0 Å². The van der Waals surface area contributed by atoms with Crippen LogP contribution in [-0.4, -0.2) is 164 Å². The number of ether oxygens (including phenoxy) is 7. The van der Waals surface area contributed by atoms with E-state index in [1.54, 1.807) is 12.1 Å². The van der Waals surface area contributed by atoms with Gasteiger partial charge < -0.3 is 89.0 Å². The number of hydrogen-bond donors (Lipinski definition) is 9. The summed E-state index contributed by atoms with van der Waals surface area (Å²) >= 11 is 0. The minimum atomic E-state index is -2.16. The smallest absolute Gasteiger partial charge is 0.547 e. The molecule has 18 nitrogen and oxygen atoms in total. The molecule has 1 aromatic carbocycles. The molecule has 19 heteroatoms. The zero-order chi connectivity index (χ0) is 31.6. The molecule has 44 heavy (non-hydrogen) atoms. The molecule has 0 aromatic heterocycles. The first-order valence-electron chi connectivity index (χ1n) is 13.2. The Morgan fingerprint density at radius 2 is 1.14 bits per heavy atom. The van der Waals surface area contributed by atoms with Crippen molar-refractivity contribution in [1.82, 2.24) is 0 Å². The molecular weight excluding hydrogens is 611 g/mol. The molecule has 1 aromatic rings. The first kappa shape index (κ1) is 37.2. The van der Waals surface area contributed by atoms with Crippen LogP contribution in [-0.2, 0) is 28.5 Å². The number of aliphatic carboxylic acids is 1. The average molecular weight is 647 g/mol. The molecule has 0 unspecified atom stereocenters. The van der Waals surface area contributed by atoms with Gasteiger partial charge in [0.05, 0.1) is 26.3 Å². The Morgan fingerprint density at radius 1 is 0.682 bits per heavy atom. The number of aliphatic hydroxyl groups excluding tert-OH is 9. The second kappa shape index (κ2) is 16.0. The molecule has 0 saturated carbocycles. The number of aliphatic hydroxyl groups is 9. The van der Waals surface area contributed by atoms with Gasteiger partial charge in [-0.3, -0.25) is 0 Å². The Morgan fingerprint density at radius 3 is 1.61 bits per heavy atom. The molecule has 0 amide bonds. The van der Waals surface area contributed by atoms with Crippen LogP contribution in [0, 0.1) is 0 Å². The van der Waals surface area contributed by atoms with E-state index in [1.165, 1.54) is 19.2 Å².